The summed E-state index contributed by atoms with van der Waals surface area (Å²) in [6.45, 7) is 7.57. The van der Waals surface area contributed by atoms with Crippen LogP contribution in [0.3, 0.4) is 0 Å². The first-order valence-electron chi connectivity index (χ1n) is 7.47. The van der Waals surface area contributed by atoms with Gasteiger partial charge in [0.05, 0.1) is 4.83 Å². The van der Waals surface area contributed by atoms with E-state index in [1.807, 2.05) is 0 Å². The Labute approximate surface area is 120 Å². The first-order chi connectivity index (χ1) is 8.52. The highest BCUT2D eigenvalue weighted by Gasteiger charge is 2.40. The zero-order valence-corrected chi connectivity index (χ0v) is 13.4. The molecule has 1 heterocycles. The maximum atomic E-state index is 12.6. The van der Waals surface area contributed by atoms with Gasteiger partial charge in [-0.15, -0.1) is 0 Å². The second-order valence-corrected chi connectivity index (χ2v) is 7.45. The van der Waals surface area contributed by atoms with Crippen molar-refractivity contribution >= 4 is 21.8 Å². The van der Waals surface area contributed by atoms with Crippen molar-refractivity contribution in [3.63, 3.8) is 0 Å². The lowest BCUT2D eigenvalue weighted by molar-refractivity contribution is -0.139. The van der Waals surface area contributed by atoms with Crippen LogP contribution in [-0.2, 0) is 4.79 Å². The van der Waals surface area contributed by atoms with Crippen molar-refractivity contribution in [2.45, 2.75) is 63.7 Å². The molecule has 1 aliphatic carbocycles. The Kier molecular flexibility index (Phi) is 4.74. The summed E-state index contributed by atoms with van der Waals surface area (Å²) in [5.74, 6) is 2.25. The lowest BCUT2D eigenvalue weighted by Gasteiger charge is -2.48. The van der Waals surface area contributed by atoms with Crippen LogP contribution in [0.4, 0.5) is 0 Å². The van der Waals surface area contributed by atoms with Crippen LogP contribution in [-0.4, -0.2) is 28.2 Å². The zero-order valence-electron chi connectivity index (χ0n) is 11.9. The number of carbonyl (C=O) groups is 1. The standard InChI is InChI=1S/C15H26BrNO/c1-10(2)14(16)15(18)17-9-8-11(3)12-6-4-5-7-13(12)17/h10-14H,4-9H2,1-3H3. The Morgan fingerprint density at radius 2 is 1.89 bits per heavy atom. The van der Waals surface area contributed by atoms with Crippen molar-refractivity contribution in [3.8, 4) is 0 Å². The van der Waals surface area contributed by atoms with Gasteiger partial charge in [-0.25, -0.2) is 0 Å². The monoisotopic (exact) mass is 315 g/mol. The minimum atomic E-state index is -0.00603. The number of hydrogen-bond acceptors (Lipinski definition) is 1. The number of hydrogen-bond donors (Lipinski definition) is 0. The molecule has 1 amide bonds. The van der Waals surface area contributed by atoms with E-state index in [0.29, 0.717) is 17.9 Å². The molecule has 2 aliphatic rings. The maximum absolute atomic E-state index is 12.6. The minimum Gasteiger partial charge on any atom is -0.338 e. The van der Waals surface area contributed by atoms with Crippen LogP contribution in [0, 0.1) is 17.8 Å². The summed E-state index contributed by atoms with van der Waals surface area (Å²) in [4.78, 5) is 14.8. The largest absolute Gasteiger partial charge is 0.338 e. The Morgan fingerprint density at radius 1 is 1.22 bits per heavy atom. The van der Waals surface area contributed by atoms with Crippen LogP contribution in [0.2, 0.25) is 0 Å². The van der Waals surface area contributed by atoms with E-state index in [0.717, 1.165) is 18.4 Å². The molecule has 4 atom stereocenters. The third-order valence-corrected chi connectivity index (χ3v) is 6.29. The highest BCUT2D eigenvalue weighted by Crippen LogP contribution is 2.39. The molecule has 1 aliphatic heterocycles. The number of fused-ring (bicyclic) bond motifs is 1. The van der Waals surface area contributed by atoms with E-state index < -0.39 is 0 Å². The first-order valence-corrected chi connectivity index (χ1v) is 8.38. The van der Waals surface area contributed by atoms with Gasteiger partial charge < -0.3 is 4.90 Å². The molecule has 0 spiro atoms. The average molecular weight is 316 g/mol. The molecular formula is C15H26BrNO. The quantitative estimate of drug-likeness (QED) is 0.709. The second-order valence-electron chi connectivity index (χ2n) is 6.46. The normalized spacial score (nSPS) is 34.3. The Hall–Kier alpha value is -0.0500. The number of piperidine rings is 1. The molecule has 3 heteroatoms. The average Bonchev–Trinajstić information content (AvgIpc) is 2.38. The molecule has 4 unspecified atom stereocenters. The summed E-state index contributed by atoms with van der Waals surface area (Å²) >= 11 is 3.58. The summed E-state index contributed by atoms with van der Waals surface area (Å²) in [5, 5.41) is 0. The highest BCUT2D eigenvalue weighted by molar-refractivity contribution is 9.10. The van der Waals surface area contributed by atoms with Gasteiger partial charge in [-0.2, -0.15) is 0 Å². The zero-order chi connectivity index (χ0) is 13.3. The van der Waals surface area contributed by atoms with E-state index in [9.17, 15) is 4.79 Å². The third-order valence-electron chi connectivity index (χ3n) is 4.84. The topological polar surface area (TPSA) is 20.3 Å². The Bertz CT molecular complexity index is 305. The number of nitrogens with zero attached hydrogens (tertiary/aromatic N) is 1. The third kappa shape index (κ3) is 2.76. The number of alkyl halides is 1. The van der Waals surface area contributed by atoms with Gasteiger partial charge in [-0.1, -0.05) is 49.5 Å². The first kappa shape index (κ1) is 14.4. The molecule has 0 bridgehead atoms. The van der Waals surface area contributed by atoms with Gasteiger partial charge in [0.15, 0.2) is 0 Å². The van der Waals surface area contributed by atoms with Crippen LogP contribution in [0.5, 0.6) is 0 Å². The molecule has 1 saturated carbocycles. The summed E-state index contributed by atoms with van der Waals surface area (Å²) in [6.07, 6.45) is 6.38. The molecule has 2 rings (SSSR count). The van der Waals surface area contributed by atoms with Crippen molar-refractivity contribution < 1.29 is 4.79 Å². The SMILES string of the molecule is CC(C)C(Br)C(=O)N1CCC(C)C2CCCCC21. The maximum Gasteiger partial charge on any atom is 0.236 e. The van der Waals surface area contributed by atoms with Crippen molar-refractivity contribution in [2.75, 3.05) is 6.54 Å². The molecule has 104 valence electrons. The number of amides is 1. The fourth-order valence-electron chi connectivity index (χ4n) is 3.63. The fraction of sp³-hybridized carbons (Fsp3) is 0.933. The van der Waals surface area contributed by atoms with Crippen LogP contribution >= 0.6 is 15.9 Å². The van der Waals surface area contributed by atoms with Gasteiger partial charge in [0, 0.05) is 12.6 Å². The number of carbonyl (C=O) groups excluding carboxylic acids is 1. The molecule has 0 aromatic heterocycles. The summed E-state index contributed by atoms with van der Waals surface area (Å²) in [7, 11) is 0. The van der Waals surface area contributed by atoms with Crippen LogP contribution < -0.4 is 0 Å². The van der Waals surface area contributed by atoms with Gasteiger partial charge in [-0.05, 0) is 37.0 Å². The van der Waals surface area contributed by atoms with Crippen molar-refractivity contribution in [1.82, 2.24) is 4.90 Å². The van der Waals surface area contributed by atoms with Crippen molar-refractivity contribution in [2.24, 2.45) is 17.8 Å². The van der Waals surface area contributed by atoms with E-state index in [1.54, 1.807) is 0 Å². The molecule has 0 aromatic rings. The Balaban J connectivity index is 2.10. The second kappa shape index (κ2) is 5.94. The predicted octanol–water partition coefficient (Wildman–Crippen LogP) is 3.83. The molecule has 2 fully saturated rings. The van der Waals surface area contributed by atoms with Crippen LogP contribution in [0.15, 0.2) is 0 Å². The lowest BCUT2D eigenvalue weighted by atomic mass is 9.72. The lowest BCUT2D eigenvalue weighted by Crippen LogP contribution is -2.54. The molecule has 2 nitrogen and oxygen atoms in total. The summed E-state index contributed by atoms with van der Waals surface area (Å²) in [5.41, 5.74) is 0. The molecule has 0 N–H and O–H groups in total. The summed E-state index contributed by atoms with van der Waals surface area (Å²) in [6, 6.07) is 0.522. The Morgan fingerprint density at radius 3 is 2.56 bits per heavy atom. The van der Waals surface area contributed by atoms with E-state index >= 15 is 0 Å². The van der Waals surface area contributed by atoms with E-state index in [4.69, 9.17) is 0 Å². The minimum absolute atomic E-state index is 0.00603. The molecule has 18 heavy (non-hydrogen) atoms. The van der Waals surface area contributed by atoms with Gasteiger partial charge in [0.1, 0.15) is 0 Å². The fourth-order valence-corrected chi connectivity index (χ4v) is 3.89. The van der Waals surface area contributed by atoms with Crippen LogP contribution in [0.1, 0.15) is 52.9 Å². The molecule has 1 saturated heterocycles. The van der Waals surface area contributed by atoms with E-state index in [2.05, 4.69) is 41.6 Å². The molecule has 0 aromatic carbocycles. The molecular weight excluding hydrogens is 290 g/mol. The van der Waals surface area contributed by atoms with Gasteiger partial charge >= 0.3 is 0 Å². The van der Waals surface area contributed by atoms with Crippen molar-refractivity contribution in [3.05, 3.63) is 0 Å². The molecule has 0 radical (unpaired) electrons. The predicted molar refractivity (Wildman–Crippen MR) is 78.8 cm³/mol. The van der Waals surface area contributed by atoms with Crippen LogP contribution in [0.25, 0.3) is 0 Å². The van der Waals surface area contributed by atoms with Gasteiger partial charge in [-0.3, -0.25) is 4.79 Å². The number of halogens is 1. The van der Waals surface area contributed by atoms with Crippen molar-refractivity contribution in [1.29, 1.82) is 0 Å². The van der Waals surface area contributed by atoms with E-state index in [-0.39, 0.29) is 4.83 Å². The highest BCUT2D eigenvalue weighted by atomic mass is 79.9. The summed E-state index contributed by atoms with van der Waals surface area (Å²) < 4.78 is 0. The van der Waals surface area contributed by atoms with Gasteiger partial charge in [0.25, 0.3) is 0 Å². The smallest absolute Gasteiger partial charge is 0.236 e. The van der Waals surface area contributed by atoms with Gasteiger partial charge in [0.2, 0.25) is 5.91 Å². The van der Waals surface area contributed by atoms with E-state index in [1.165, 1.54) is 32.1 Å². The number of likely N-dealkylation sites (tertiary alicyclic amines) is 1. The number of rotatable bonds is 2.